The van der Waals surface area contributed by atoms with Crippen molar-refractivity contribution in [2.45, 2.75) is 0 Å². The Bertz CT molecular complexity index is 3130. The third-order valence-corrected chi connectivity index (χ3v) is 10.8. The summed E-state index contributed by atoms with van der Waals surface area (Å²) in [5.41, 5.74) is 9.06. The topological polar surface area (TPSA) is 13.1 Å². The van der Waals surface area contributed by atoms with Crippen molar-refractivity contribution in [2.75, 3.05) is 0 Å². The zero-order valence-corrected chi connectivity index (χ0v) is 27.7. The van der Waals surface area contributed by atoms with E-state index in [1.54, 1.807) is 0 Å². The van der Waals surface area contributed by atoms with Gasteiger partial charge < -0.3 is 4.42 Å². The summed E-state index contributed by atoms with van der Waals surface area (Å²) in [5.74, 6) is 0. The third-order valence-electron chi connectivity index (χ3n) is 10.8. The van der Waals surface area contributed by atoms with Crippen molar-refractivity contribution in [3.63, 3.8) is 0 Å². The minimum atomic E-state index is 0.896. The van der Waals surface area contributed by atoms with Crippen LogP contribution in [0.1, 0.15) is 0 Å². The van der Waals surface area contributed by atoms with Gasteiger partial charge in [0.1, 0.15) is 11.2 Å². The summed E-state index contributed by atoms with van der Waals surface area (Å²) in [4.78, 5) is 0. The molecule has 0 atom stereocenters. The highest BCUT2D eigenvalue weighted by Gasteiger charge is 2.23. The average Bonchev–Trinajstić information content (AvgIpc) is 3.57. The van der Waals surface area contributed by atoms with Gasteiger partial charge in [-0.1, -0.05) is 170 Å². The fourth-order valence-electron chi connectivity index (χ4n) is 8.69. The van der Waals surface area contributed by atoms with Crippen molar-refractivity contribution in [2.24, 2.45) is 0 Å². The number of rotatable bonds is 3. The number of fused-ring (bicyclic) bond motifs is 9. The van der Waals surface area contributed by atoms with Gasteiger partial charge in [-0.05, 0) is 93.8 Å². The first kappa shape index (κ1) is 28.2. The Morgan fingerprint density at radius 2 is 0.843 bits per heavy atom. The van der Waals surface area contributed by atoms with E-state index < -0.39 is 0 Å². The Hall–Kier alpha value is -6.70. The first-order valence-corrected chi connectivity index (χ1v) is 17.6. The Morgan fingerprint density at radius 3 is 1.57 bits per heavy atom. The van der Waals surface area contributed by atoms with E-state index in [-0.39, 0.29) is 0 Å². The molecule has 0 aliphatic heterocycles. The van der Waals surface area contributed by atoms with Gasteiger partial charge in [0.15, 0.2) is 0 Å². The van der Waals surface area contributed by atoms with Crippen LogP contribution in [0, 0.1) is 0 Å². The Balaban J connectivity index is 1.28. The van der Waals surface area contributed by atoms with E-state index in [0.29, 0.717) is 0 Å². The van der Waals surface area contributed by atoms with Gasteiger partial charge in [0.25, 0.3) is 0 Å². The van der Waals surface area contributed by atoms with Crippen LogP contribution in [0.5, 0.6) is 0 Å². The first-order chi connectivity index (χ1) is 25.3. The van der Waals surface area contributed by atoms with Gasteiger partial charge in [0.2, 0.25) is 0 Å². The molecule has 0 saturated carbocycles. The molecule has 10 aromatic carbocycles. The quantitative estimate of drug-likeness (QED) is 0.138. The van der Waals surface area contributed by atoms with Crippen LogP contribution in [0.4, 0.5) is 0 Å². The Labute approximate surface area is 294 Å². The zero-order chi connectivity index (χ0) is 33.5. The number of hydrogen-bond donors (Lipinski definition) is 0. The van der Waals surface area contributed by atoms with Gasteiger partial charge in [-0.25, -0.2) is 0 Å². The van der Waals surface area contributed by atoms with E-state index in [1.807, 2.05) is 0 Å². The van der Waals surface area contributed by atoms with E-state index in [1.165, 1.54) is 76.1 Å². The second-order valence-electron chi connectivity index (χ2n) is 13.5. The molecule has 0 bridgehead atoms. The fraction of sp³-hybridized carbons (Fsp3) is 0. The lowest BCUT2D eigenvalue weighted by molar-refractivity contribution is 0.670. The van der Waals surface area contributed by atoms with Gasteiger partial charge in [0, 0.05) is 16.3 Å². The summed E-state index contributed by atoms with van der Waals surface area (Å²) in [5, 5.41) is 14.7. The lowest BCUT2D eigenvalue weighted by Crippen LogP contribution is -1.92. The molecule has 1 nitrogen and oxygen atoms in total. The molecule has 51 heavy (non-hydrogen) atoms. The maximum absolute atomic E-state index is 6.91. The standard InChI is InChI=1S/C50H30O/c1-2-15-32(16-3-1)46-35-19-7-5-17-33(35)30-44-49-43(26-13-27-45(49)51-50(44)46)48-41-22-10-8-20-39(41)47(40-21-9-11-23-42(40)48)38-25-12-24-36-34-18-6-4-14-31(34)28-29-37(36)38/h1-30H. The summed E-state index contributed by atoms with van der Waals surface area (Å²) in [7, 11) is 0. The normalized spacial score (nSPS) is 11.9. The Kier molecular flexibility index (Phi) is 6.02. The van der Waals surface area contributed by atoms with Crippen LogP contribution in [0.15, 0.2) is 186 Å². The SMILES string of the molecule is c1ccc(-c2c3ccccc3cc3c2oc2cccc(-c4c5ccccc5c(-c5cccc6c5ccc5ccccc56)c5ccccc45)c23)cc1. The largest absolute Gasteiger partial charge is 0.455 e. The van der Waals surface area contributed by atoms with Crippen molar-refractivity contribution in [1.82, 2.24) is 0 Å². The van der Waals surface area contributed by atoms with Crippen LogP contribution in [0.3, 0.4) is 0 Å². The molecule has 0 unspecified atom stereocenters. The zero-order valence-electron chi connectivity index (χ0n) is 27.7. The molecular formula is C50H30O. The number of benzene rings is 10. The summed E-state index contributed by atoms with van der Waals surface area (Å²) in [6.45, 7) is 0. The van der Waals surface area contributed by atoms with Crippen LogP contribution >= 0.6 is 0 Å². The van der Waals surface area contributed by atoms with E-state index in [9.17, 15) is 0 Å². The summed E-state index contributed by atoms with van der Waals surface area (Å²) < 4.78 is 6.91. The highest BCUT2D eigenvalue weighted by atomic mass is 16.3. The first-order valence-electron chi connectivity index (χ1n) is 17.6. The molecule has 11 rings (SSSR count). The fourth-order valence-corrected chi connectivity index (χ4v) is 8.69. The molecule has 0 amide bonds. The van der Waals surface area contributed by atoms with Gasteiger partial charge in [-0.15, -0.1) is 0 Å². The van der Waals surface area contributed by atoms with Gasteiger partial charge >= 0.3 is 0 Å². The van der Waals surface area contributed by atoms with Gasteiger partial charge in [0.05, 0.1) is 0 Å². The molecule has 0 saturated heterocycles. The predicted octanol–water partition coefficient (Wildman–Crippen LogP) is 14.4. The second-order valence-corrected chi connectivity index (χ2v) is 13.5. The molecule has 0 fully saturated rings. The third kappa shape index (κ3) is 4.09. The van der Waals surface area contributed by atoms with Crippen LogP contribution < -0.4 is 0 Å². The molecule has 0 aliphatic carbocycles. The van der Waals surface area contributed by atoms with Crippen molar-refractivity contribution >= 4 is 75.8 Å². The van der Waals surface area contributed by atoms with E-state index >= 15 is 0 Å². The lowest BCUT2D eigenvalue weighted by atomic mass is 9.83. The predicted molar refractivity (Wildman–Crippen MR) is 218 cm³/mol. The Morgan fingerprint density at radius 1 is 0.294 bits per heavy atom. The molecule has 1 aromatic heterocycles. The summed E-state index contributed by atoms with van der Waals surface area (Å²) in [6.07, 6.45) is 0. The van der Waals surface area contributed by atoms with Crippen molar-refractivity contribution < 1.29 is 4.42 Å². The smallest absolute Gasteiger partial charge is 0.143 e. The molecule has 11 aromatic rings. The van der Waals surface area contributed by atoms with Crippen molar-refractivity contribution in [3.05, 3.63) is 182 Å². The van der Waals surface area contributed by atoms with E-state index in [0.717, 1.165) is 33.1 Å². The molecule has 1 heteroatoms. The molecule has 0 spiro atoms. The highest BCUT2D eigenvalue weighted by Crippen LogP contribution is 2.49. The van der Waals surface area contributed by atoms with Crippen LogP contribution in [0.25, 0.3) is 109 Å². The maximum Gasteiger partial charge on any atom is 0.143 e. The second kappa shape index (κ2) is 10.9. The number of furan rings is 1. The molecule has 1 heterocycles. The molecular weight excluding hydrogens is 617 g/mol. The van der Waals surface area contributed by atoms with Crippen LogP contribution in [-0.2, 0) is 0 Å². The monoisotopic (exact) mass is 646 g/mol. The number of hydrogen-bond acceptors (Lipinski definition) is 1. The van der Waals surface area contributed by atoms with Gasteiger partial charge in [-0.3, -0.25) is 0 Å². The summed E-state index contributed by atoms with van der Waals surface area (Å²) >= 11 is 0. The van der Waals surface area contributed by atoms with Crippen molar-refractivity contribution in [3.8, 4) is 33.4 Å². The summed E-state index contributed by atoms with van der Waals surface area (Å²) in [6, 6.07) is 66.2. The van der Waals surface area contributed by atoms with Crippen LogP contribution in [-0.4, -0.2) is 0 Å². The lowest BCUT2D eigenvalue weighted by Gasteiger charge is -2.19. The van der Waals surface area contributed by atoms with Gasteiger partial charge in [-0.2, -0.15) is 0 Å². The molecule has 236 valence electrons. The molecule has 0 radical (unpaired) electrons. The van der Waals surface area contributed by atoms with Crippen molar-refractivity contribution in [1.29, 1.82) is 0 Å². The molecule has 0 aliphatic rings. The van der Waals surface area contributed by atoms with E-state index in [4.69, 9.17) is 4.42 Å². The van der Waals surface area contributed by atoms with E-state index in [2.05, 4.69) is 182 Å². The van der Waals surface area contributed by atoms with Crippen LogP contribution in [0.2, 0.25) is 0 Å². The highest BCUT2D eigenvalue weighted by molar-refractivity contribution is 6.29. The minimum Gasteiger partial charge on any atom is -0.455 e. The average molecular weight is 647 g/mol. The minimum absolute atomic E-state index is 0.896. The maximum atomic E-state index is 6.91. The molecule has 0 N–H and O–H groups in total.